The van der Waals surface area contributed by atoms with Crippen LogP contribution in [0, 0.1) is 29.1 Å². The molecule has 0 heterocycles. The van der Waals surface area contributed by atoms with Crippen molar-refractivity contribution in [2.75, 3.05) is 0 Å². The minimum absolute atomic E-state index is 0.0420. The van der Waals surface area contributed by atoms with Gasteiger partial charge in [-0.1, -0.05) is 30.3 Å². The van der Waals surface area contributed by atoms with Crippen LogP contribution < -0.4 is 10.1 Å². The highest BCUT2D eigenvalue weighted by molar-refractivity contribution is 5.94. The number of Topliss-reactive ketones (excluding diaryl/α,β-unsaturated/α-hetero) is 1. The second kappa shape index (κ2) is 11.5. The Morgan fingerprint density at radius 1 is 0.973 bits per heavy atom. The highest BCUT2D eigenvalue weighted by Crippen LogP contribution is 2.30. The molecule has 0 radical (unpaired) electrons. The number of hydrogen-bond donors (Lipinski definition) is 2. The minimum Gasteiger partial charge on any atom is -0.426 e. The summed E-state index contributed by atoms with van der Waals surface area (Å²) in [6, 6.07) is 6.52. The number of carbonyl (C=O) groups excluding carboxylic acids is 3. The molecule has 37 heavy (non-hydrogen) atoms. The van der Waals surface area contributed by atoms with Gasteiger partial charge in [-0.05, 0) is 44.2 Å². The van der Waals surface area contributed by atoms with Gasteiger partial charge in [-0.2, -0.15) is 8.78 Å². The number of ketones is 1. The molecule has 0 unspecified atom stereocenters. The lowest BCUT2D eigenvalue weighted by Crippen LogP contribution is -2.47. The van der Waals surface area contributed by atoms with Crippen LogP contribution in [0.15, 0.2) is 36.4 Å². The molecule has 0 fully saturated rings. The average molecular weight is 527 g/mol. The van der Waals surface area contributed by atoms with E-state index >= 15 is 0 Å². The third-order valence-corrected chi connectivity index (χ3v) is 5.76. The molecule has 1 aliphatic carbocycles. The Bertz CT molecular complexity index is 1200. The first-order valence-electron chi connectivity index (χ1n) is 11.1. The number of hydrogen-bond acceptors (Lipinski definition) is 6. The Balaban J connectivity index is 1.60. The third kappa shape index (κ3) is 6.50. The summed E-state index contributed by atoms with van der Waals surface area (Å²) in [5.74, 6) is -14.3. The van der Waals surface area contributed by atoms with E-state index in [9.17, 15) is 41.4 Å². The first-order valence-corrected chi connectivity index (χ1v) is 11.1. The molecule has 3 rings (SSSR count). The maximum Gasteiger partial charge on any atom is 0.514 e. The molecule has 0 spiro atoms. The van der Waals surface area contributed by atoms with E-state index in [0.717, 1.165) is 0 Å². The first-order chi connectivity index (χ1) is 17.4. The van der Waals surface area contributed by atoms with E-state index in [-0.39, 0.29) is 38.0 Å². The summed E-state index contributed by atoms with van der Waals surface area (Å²) in [5, 5.41) is 13.5. The molecule has 1 amide bonds. The van der Waals surface area contributed by atoms with Crippen molar-refractivity contribution in [3.63, 3.8) is 0 Å². The van der Waals surface area contributed by atoms with Gasteiger partial charge in [0.15, 0.2) is 5.78 Å². The number of carbonyl (C=O) groups is 3. The maximum atomic E-state index is 13.7. The molecule has 0 saturated carbocycles. The molecule has 0 bridgehead atoms. The van der Waals surface area contributed by atoms with Crippen molar-refractivity contribution in [2.24, 2.45) is 0 Å². The van der Waals surface area contributed by atoms with Gasteiger partial charge in [-0.25, -0.2) is 18.0 Å². The van der Waals surface area contributed by atoms with Gasteiger partial charge in [0, 0.05) is 12.1 Å². The van der Waals surface area contributed by atoms with Gasteiger partial charge in [0.1, 0.15) is 11.7 Å². The zero-order valence-corrected chi connectivity index (χ0v) is 19.5. The Morgan fingerprint density at radius 2 is 1.57 bits per heavy atom. The van der Waals surface area contributed by atoms with Crippen molar-refractivity contribution in [3.8, 4) is 5.75 Å². The van der Waals surface area contributed by atoms with E-state index in [0.29, 0.717) is 11.1 Å². The lowest BCUT2D eigenvalue weighted by Gasteiger charge is -2.29. The number of halogens is 5. The van der Waals surface area contributed by atoms with E-state index in [1.54, 1.807) is 24.3 Å². The van der Waals surface area contributed by atoms with E-state index < -0.39 is 58.6 Å². The van der Waals surface area contributed by atoms with Gasteiger partial charge in [0.05, 0.1) is 0 Å². The summed E-state index contributed by atoms with van der Waals surface area (Å²) in [4.78, 5) is 36.1. The molecule has 12 heteroatoms. The summed E-state index contributed by atoms with van der Waals surface area (Å²) in [6.45, 7) is 1.49. The predicted molar refractivity (Wildman–Crippen MR) is 118 cm³/mol. The summed E-state index contributed by atoms with van der Waals surface area (Å²) in [7, 11) is 0. The maximum absolute atomic E-state index is 13.7. The fraction of sp³-hybridized carbons (Fsp3) is 0.320. The molecule has 0 saturated heterocycles. The van der Waals surface area contributed by atoms with Crippen molar-refractivity contribution in [1.82, 2.24) is 5.32 Å². The molecular formula is C25H22F5NO6. The summed E-state index contributed by atoms with van der Waals surface area (Å²) < 4.78 is 76.4. The molecule has 1 aliphatic rings. The fourth-order valence-corrected chi connectivity index (χ4v) is 3.61. The standard InChI is InChI=1S/C25H22F5NO6/c1-13(32)15-7-5-14(6-8-15)12-31-23(33)25(35)10-3-2-4-16(9-11-25)36-24(34)37-22-20(29)18(27)17(26)19(28)21(22)30/h2,4-8,16,35H,3,9-12H2,1H3,(H,31,33)/b4-2-/t16-,25-/m0/s1. The molecular weight excluding hydrogens is 505 g/mol. The van der Waals surface area contributed by atoms with Gasteiger partial charge in [-0.3, -0.25) is 9.59 Å². The zero-order valence-electron chi connectivity index (χ0n) is 19.5. The molecule has 2 aromatic rings. The smallest absolute Gasteiger partial charge is 0.426 e. The zero-order chi connectivity index (χ0) is 27.3. The number of allylic oxidation sites excluding steroid dienone is 1. The van der Waals surface area contributed by atoms with Crippen molar-refractivity contribution in [1.29, 1.82) is 0 Å². The van der Waals surface area contributed by atoms with Crippen LogP contribution >= 0.6 is 0 Å². The highest BCUT2D eigenvalue weighted by atomic mass is 19.2. The Labute approximate surface area is 207 Å². The number of rotatable bonds is 6. The van der Waals surface area contributed by atoms with Crippen molar-refractivity contribution in [3.05, 3.63) is 76.6 Å². The quantitative estimate of drug-likeness (QED) is 0.108. The van der Waals surface area contributed by atoms with Crippen LogP contribution in [-0.4, -0.2) is 34.7 Å². The van der Waals surface area contributed by atoms with Crippen LogP contribution in [0.3, 0.4) is 0 Å². The van der Waals surface area contributed by atoms with E-state index in [2.05, 4.69) is 10.1 Å². The third-order valence-electron chi connectivity index (χ3n) is 5.76. The minimum atomic E-state index is -2.41. The molecule has 0 aromatic heterocycles. The van der Waals surface area contributed by atoms with E-state index in [1.165, 1.54) is 19.1 Å². The molecule has 7 nitrogen and oxygen atoms in total. The van der Waals surface area contributed by atoms with Crippen LogP contribution in [0.2, 0.25) is 0 Å². The molecule has 2 atom stereocenters. The Kier molecular flexibility index (Phi) is 8.64. The molecule has 2 aromatic carbocycles. The van der Waals surface area contributed by atoms with E-state index in [1.807, 2.05) is 0 Å². The summed E-state index contributed by atoms with van der Waals surface area (Å²) >= 11 is 0. The van der Waals surface area contributed by atoms with Gasteiger partial charge < -0.3 is 19.9 Å². The van der Waals surface area contributed by atoms with Crippen LogP contribution in [0.1, 0.15) is 48.5 Å². The van der Waals surface area contributed by atoms with Crippen molar-refractivity contribution < 1.29 is 50.9 Å². The molecule has 198 valence electrons. The summed E-state index contributed by atoms with van der Waals surface area (Å²) in [5.41, 5.74) is -0.660. The second-order valence-electron chi connectivity index (χ2n) is 8.38. The Hall–Kier alpha value is -3.80. The van der Waals surface area contributed by atoms with Gasteiger partial charge >= 0.3 is 6.16 Å². The monoisotopic (exact) mass is 527 g/mol. The van der Waals surface area contributed by atoms with Crippen LogP contribution in [-0.2, 0) is 16.1 Å². The molecule has 2 N–H and O–H groups in total. The van der Waals surface area contributed by atoms with Crippen molar-refractivity contribution in [2.45, 2.75) is 50.9 Å². The van der Waals surface area contributed by atoms with Crippen LogP contribution in [0.4, 0.5) is 26.7 Å². The van der Waals surface area contributed by atoms with Crippen molar-refractivity contribution >= 4 is 17.8 Å². The number of ether oxygens (including phenoxy) is 2. The first kappa shape index (κ1) is 27.8. The van der Waals surface area contributed by atoms with Gasteiger partial charge in [0.2, 0.25) is 34.8 Å². The molecule has 0 aliphatic heterocycles. The average Bonchev–Trinajstić information content (AvgIpc) is 2.87. The topological polar surface area (TPSA) is 102 Å². The lowest BCUT2D eigenvalue weighted by molar-refractivity contribution is -0.142. The SMILES string of the molecule is CC(=O)c1ccc(CNC(=O)[C@]2(O)CC/C=C\[C@H](OC(=O)Oc3c(F)c(F)c(F)c(F)c3F)CC2)cc1. The normalized spacial score (nSPS) is 20.4. The second-order valence-corrected chi connectivity index (χ2v) is 8.38. The highest BCUT2D eigenvalue weighted by Gasteiger charge is 2.37. The fourth-order valence-electron chi connectivity index (χ4n) is 3.61. The Morgan fingerprint density at radius 3 is 2.16 bits per heavy atom. The van der Waals surface area contributed by atoms with Crippen LogP contribution in [0.25, 0.3) is 0 Å². The van der Waals surface area contributed by atoms with Gasteiger partial charge in [-0.15, -0.1) is 0 Å². The van der Waals surface area contributed by atoms with Gasteiger partial charge in [0.25, 0.3) is 5.91 Å². The largest absolute Gasteiger partial charge is 0.514 e. The number of aliphatic hydroxyl groups is 1. The number of amides is 1. The van der Waals surface area contributed by atoms with Crippen LogP contribution in [0.5, 0.6) is 5.75 Å². The summed E-state index contributed by atoms with van der Waals surface area (Å²) in [6.07, 6.45) is -0.0769. The number of benzene rings is 2. The lowest BCUT2D eigenvalue weighted by atomic mass is 9.87. The predicted octanol–water partition coefficient (Wildman–Crippen LogP) is 4.65. The number of nitrogens with one attached hydrogen (secondary N) is 1. The van der Waals surface area contributed by atoms with E-state index in [4.69, 9.17) is 4.74 Å².